The second-order valence-electron chi connectivity index (χ2n) is 6.43. The highest BCUT2D eigenvalue weighted by atomic mass is 32.2. The Morgan fingerprint density at radius 3 is 2.30 bits per heavy atom. The Kier molecular flexibility index (Phi) is 4.86. The molecule has 2 rings (SSSR count). The maximum absolute atomic E-state index is 12.2. The van der Waals surface area contributed by atoms with E-state index in [1.54, 1.807) is 0 Å². The van der Waals surface area contributed by atoms with Crippen LogP contribution in [0.5, 0.6) is 0 Å². The third kappa shape index (κ3) is 4.60. The monoisotopic (exact) mass is 296 g/mol. The Balaban J connectivity index is 1.83. The highest BCUT2D eigenvalue weighted by molar-refractivity contribution is 7.90. The normalized spacial score (nSPS) is 18.3. The molecule has 4 heteroatoms. The Bertz CT molecular complexity index is 528. The van der Waals surface area contributed by atoms with Crippen molar-refractivity contribution in [1.29, 1.82) is 0 Å². The number of benzene rings is 1. The van der Waals surface area contributed by atoms with Gasteiger partial charge in [0.1, 0.15) is 0 Å². The van der Waals surface area contributed by atoms with E-state index in [0.29, 0.717) is 5.75 Å². The number of likely N-dealkylation sites (tertiary alicyclic amines) is 1. The van der Waals surface area contributed by atoms with Crippen molar-refractivity contribution < 1.29 is 12.9 Å². The minimum Gasteiger partial charge on any atom is -0.326 e. The maximum Gasteiger partial charge on any atom is 0.154 e. The van der Waals surface area contributed by atoms with Crippen LogP contribution >= 0.6 is 0 Å². The SMILES string of the molecule is Cc1ccc(CS(=O)(=O)CCC[N+]2(C)CCCC2)cc1. The van der Waals surface area contributed by atoms with E-state index in [9.17, 15) is 8.42 Å². The van der Waals surface area contributed by atoms with Crippen LogP contribution in [0.25, 0.3) is 0 Å². The maximum atomic E-state index is 12.2. The molecule has 0 aromatic heterocycles. The molecule has 0 saturated carbocycles. The van der Waals surface area contributed by atoms with Gasteiger partial charge in [-0.15, -0.1) is 0 Å². The number of aryl methyl sites for hydroxylation is 1. The van der Waals surface area contributed by atoms with Gasteiger partial charge in [-0.25, -0.2) is 8.42 Å². The first kappa shape index (κ1) is 15.5. The minimum atomic E-state index is -2.98. The molecule has 3 nitrogen and oxygen atoms in total. The van der Waals surface area contributed by atoms with Crippen molar-refractivity contribution in [3.63, 3.8) is 0 Å². The fourth-order valence-electron chi connectivity index (χ4n) is 3.00. The lowest BCUT2D eigenvalue weighted by Crippen LogP contribution is -2.42. The minimum absolute atomic E-state index is 0.178. The van der Waals surface area contributed by atoms with Crippen LogP contribution < -0.4 is 0 Å². The molecular weight excluding hydrogens is 270 g/mol. The van der Waals surface area contributed by atoms with Crippen LogP contribution in [0.4, 0.5) is 0 Å². The van der Waals surface area contributed by atoms with Gasteiger partial charge in [0.2, 0.25) is 0 Å². The summed E-state index contributed by atoms with van der Waals surface area (Å²) in [7, 11) is -0.726. The molecule has 1 aliphatic rings. The summed E-state index contributed by atoms with van der Waals surface area (Å²) in [5.41, 5.74) is 2.06. The van der Waals surface area contributed by atoms with Crippen molar-refractivity contribution in [2.45, 2.75) is 31.9 Å². The molecule has 0 unspecified atom stereocenters. The topological polar surface area (TPSA) is 34.1 Å². The van der Waals surface area contributed by atoms with E-state index in [0.717, 1.165) is 28.6 Å². The van der Waals surface area contributed by atoms with Gasteiger partial charge in [-0.2, -0.15) is 0 Å². The molecule has 0 aliphatic carbocycles. The van der Waals surface area contributed by atoms with Crippen molar-refractivity contribution in [3.8, 4) is 0 Å². The standard InChI is InChI=1S/C16H26NO2S/c1-15-6-8-16(9-7-15)14-20(18,19)13-5-12-17(2)10-3-4-11-17/h6-9H,3-5,10-14H2,1-2H3/q+1. The number of sulfone groups is 1. The zero-order chi connectivity index (χ0) is 14.6. The third-order valence-electron chi connectivity index (χ3n) is 4.31. The van der Waals surface area contributed by atoms with Crippen LogP contribution in [-0.4, -0.2) is 45.3 Å². The molecule has 1 saturated heterocycles. The van der Waals surface area contributed by atoms with Gasteiger partial charge in [0, 0.05) is 19.3 Å². The van der Waals surface area contributed by atoms with Gasteiger partial charge in [-0.3, -0.25) is 0 Å². The zero-order valence-corrected chi connectivity index (χ0v) is 13.5. The van der Waals surface area contributed by atoms with E-state index in [-0.39, 0.29) is 5.75 Å². The average molecular weight is 296 g/mol. The van der Waals surface area contributed by atoms with E-state index in [1.165, 1.54) is 25.9 Å². The summed E-state index contributed by atoms with van der Waals surface area (Å²) in [5.74, 6) is 0.492. The Labute approximate surface area is 123 Å². The van der Waals surface area contributed by atoms with Crippen molar-refractivity contribution in [1.82, 2.24) is 0 Å². The molecule has 1 aliphatic heterocycles. The summed E-state index contributed by atoms with van der Waals surface area (Å²) in [5, 5.41) is 0. The molecule has 1 aromatic rings. The molecular formula is C16H26NO2S+. The predicted molar refractivity (Wildman–Crippen MR) is 83.3 cm³/mol. The van der Waals surface area contributed by atoms with Crippen LogP contribution in [0.2, 0.25) is 0 Å². The van der Waals surface area contributed by atoms with E-state index in [1.807, 2.05) is 31.2 Å². The van der Waals surface area contributed by atoms with E-state index in [2.05, 4.69) is 7.05 Å². The molecule has 0 atom stereocenters. The molecule has 0 N–H and O–H groups in total. The predicted octanol–water partition coefficient (Wildman–Crippen LogP) is 2.54. The van der Waals surface area contributed by atoms with Gasteiger partial charge in [-0.05, 0) is 12.5 Å². The molecule has 112 valence electrons. The van der Waals surface area contributed by atoms with Crippen molar-refractivity contribution in [3.05, 3.63) is 35.4 Å². The summed E-state index contributed by atoms with van der Waals surface area (Å²) in [6.45, 7) is 5.42. The van der Waals surface area contributed by atoms with Crippen LogP contribution in [-0.2, 0) is 15.6 Å². The lowest BCUT2D eigenvalue weighted by atomic mass is 10.2. The van der Waals surface area contributed by atoms with Crippen molar-refractivity contribution in [2.75, 3.05) is 32.4 Å². The van der Waals surface area contributed by atoms with E-state index in [4.69, 9.17) is 0 Å². The number of quaternary nitrogens is 1. The Morgan fingerprint density at radius 1 is 1.10 bits per heavy atom. The number of hydrogen-bond donors (Lipinski definition) is 0. The first-order valence-corrected chi connectivity index (χ1v) is 9.30. The smallest absolute Gasteiger partial charge is 0.154 e. The Morgan fingerprint density at radius 2 is 1.70 bits per heavy atom. The molecule has 0 amide bonds. The fraction of sp³-hybridized carbons (Fsp3) is 0.625. The van der Waals surface area contributed by atoms with Gasteiger partial charge in [0.05, 0.1) is 38.2 Å². The molecule has 0 bridgehead atoms. The molecule has 1 fully saturated rings. The average Bonchev–Trinajstić information content (AvgIpc) is 2.79. The second-order valence-corrected chi connectivity index (χ2v) is 8.61. The van der Waals surface area contributed by atoms with Crippen molar-refractivity contribution in [2.24, 2.45) is 0 Å². The summed E-state index contributed by atoms with van der Waals surface area (Å²) in [4.78, 5) is 0. The molecule has 20 heavy (non-hydrogen) atoms. The highest BCUT2D eigenvalue weighted by Gasteiger charge is 2.26. The van der Waals surface area contributed by atoms with Crippen LogP contribution in [0, 0.1) is 6.92 Å². The second kappa shape index (κ2) is 6.27. The quantitative estimate of drug-likeness (QED) is 0.756. The first-order chi connectivity index (χ1) is 9.39. The zero-order valence-electron chi connectivity index (χ0n) is 12.6. The largest absolute Gasteiger partial charge is 0.326 e. The van der Waals surface area contributed by atoms with E-state index >= 15 is 0 Å². The summed E-state index contributed by atoms with van der Waals surface area (Å²) in [6.07, 6.45) is 3.35. The van der Waals surface area contributed by atoms with Gasteiger partial charge >= 0.3 is 0 Å². The number of hydrogen-bond acceptors (Lipinski definition) is 2. The Hall–Kier alpha value is -0.870. The lowest BCUT2D eigenvalue weighted by Gasteiger charge is -2.29. The first-order valence-electron chi connectivity index (χ1n) is 7.48. The summed E-state index contributed by atoms with van der Waals surface area (Å²) >= 11 is 0. The molecule has 0 radical (unpaired) electrons. The number of rotatable bonds is 6. The highest BCUT2D eigenvalue weighted by Crippen LogP contribution is 2.17. The van der Waals surface area contributed by atoms with Crippen LogP contribution in [0.3, 0.4) is 0 Å². The molecule has 1 heterocycles. The molecule has 1 aromatic carbocycles. The van der Waals surface area contributed by atoms with Gasteiger partial charge < -0.3 is 4.48 Å². The number of nitrogens with zero attached hydrogens (tertiary/aromatic N) is 1. The molecule has 0 spiro atoms. The van der Waals surface area contributed by atoms with Gasteiger partial charge in [0.25, 0.3) is 0 Å². The van der Waals surface area contributed by atoms with E-state index < -0.39 is 9.84 Å². The van der Waals surface area contributed by atoms with Crippen LogP contribution in [0.1, 0.15) is 30.4 Å². The van der Waals surface area contributed by atoms with Crippen LogP contribution in [0.15, 0.2) is 24.3 Å². The summed E-state index contributed by atoms with van der Waals surface area (Å²) in [6, 6.07) is 7.78. The van der Waals surface area contributed by atoms with Gasteiger partial charge in [-0.1, -0.05) is 29.8 Å². The fourth-order valence-corrected chi connectivity index (χ4v) is 4.41. The third-order valence-corrected chi connectivity index (χ3v) is 5.99. The van der Waals surface area contributed by atoms with Gasteiger partial charge in [0.15, 0.2) is 9.84 Å². The lowest BCUT2D eigenvalue weighted by molar-refractivity contribution is -0.897. The van der Waals surface area contributed by atoms with Crippen molar-refractivity contribution >= 4 is 9.84 Å². The summed E-state index contributed by atoms with van der Waals surface area (Å²) < 4.78 is 25.4.